The van der Waals surface area contributed by atoms with E-state index < -0.39 is 5.56 Å². The summed E-state index contributed by atoms with van der Waals surface area (Å²) in [5, 5.41) is 19.2. The molecule has 0 saturated heterocycles. The SMILES string of the molecule is O=c1[nH]ccc2c(O)ccc(O)c12. The number of phenolic OH excluding ortho intramolecular Hbond substituents is 2. The molecular formula is C9H7NO3. The second-order valence-electron chi connectivity index (χ2n) is 2.70. The number of fused-ring (bicyclic) bond motifs is 1. The normalized spacial score (nSPS) is 10.5. The van der Waals surface area contributed by atoms with E-state index in [0.29, 0.717) is 5.39 Å². The number of aromatic nitrogens is 1. The minimum absolute atomic E-state index is 0.0149. The third-order valence-electron chi connectivity index (χ3n) is 1.89. The van der Waals surface area contributed by atoms with Crippen LogP contribution in [0.2, 0.25) is 0 Å². The van der Waals surface area contributed by atoms with Crippen LogP contribution in [0, 0.1) is 0 Å². The molecule has 66 valence electrons. The van der Waals surface area contributed by atoms with Gasteiger partial charge in [-0.1, -0.05) is 0 Å². The van der Waals surface area contributed by atoms with Gasteiger partial charge in [-0.2, -0.15) is 0 Å². The number of nitrogens with one attached hydrogen (secondary N) is 1. The number of pyridine rings is 1. The number of hydrogen-bond donors (Lipinski definition) is 3. The molecule has 1 heterocycles. The lowest BCUT2D eigenvalue weighted by Crippen LogP contribution is -2.04. The van der Waals surface area contributed by atoms with Gasteiger partial charge in [-0.15, -0.1) is 0 Å². The van der Waals surface area contributed by atoms with Crippen molar-refractivity contribution in [3.63, 3.8) is 0 Å². The van der Waals surface area contributed by atoms with E-state index in [1.807, 2.05) is 0 Å². The van der Waals surface area contributed by atoms with Crippen LogP contribution in [-0.2, 0) is 0 Å². The monoisotopic (exact) mass is 177 g/mol. The molecule has 0 spiro atoms. The van der Waals surface area contributed by atoms with E-state index in [-0.39, 0.29) is 16.9 Å². The molecule has 4 nitrogen and oxygen atoms in total. The van der Waals surface area contributed by atoms with Crippen LogP contribution in [0.5, 0.6) is 11.5 Å². The maximum Gasteiger partial charge on any atom is 0.259 e. The molecular weight excluding hydrogens is 170 g/mol. The first-order chi connectivity index (χ1) is 6.20. The quantitative estimate of drug-likeness (QED) is 0.524. The van der Waals surface area contributed by atoms with Gasteiger partial charge in [0, 0.05) is 11.6 Å². The van der Waals surface area contributed by atoms with Crippen molar-refractivity contribution in [3.05, 3.63) is 34.7 Å². The number of aromatic hydroxyl groups is 2. The van der Waals surface area contributed by atoms with Crippen LogP contribution in [0.15, 0.2) is 29.2 Å². The molecule has 1 aromatic heterocycles. The second-order valence-corrected chi connectivity index (χ2v) is 2.70. The van der Waals surface area contributed by atoms with E-state index in [4.69, 9.17) is 0 Å². The van der Waals surface area contributed by atoms with Crippen molar-refractivity contribution in [2.24, 2.45) is 0 Å². The van der Waals surface area contributed by atoms with Crippen molar-refractivity contribution in [1.29, 1.82) is 0 Å². The minimum Gasteiger partial charge on any atom is -0.507 e. The van der Waals surface area contributed by atoms with Gasteiger partial charge in [-0.3, -0.25) is 4.79 Å². The first kappa shape index (κ1) is 7.67. The summed E-state index contributed by atoms with van der Waals surface area (Å²) in [5.74, 6) is -0.145. The number of aromatic amines is 1. The van der Waals surface area contributed by atoms with Crippen molar-refractivity contribution in [1.82, 2.24) is 4.98 Å². The van der Waals surface area contributed by atoms with Crippen LogP contribution < -0.4 is 5.56 Å². The van der Waals surface area contributed by atoms with Crippen LogP contribution in [0.25, 0.3) is 10.8 Å². The lowest BCUT2D eigenvalue weighted by molar-refractivity contribution is 0.469. The molecule has 0 radical (unpaired) electrons. The fourth-order valence-corrected chi connectivity index (χ4v) is 1.28. The van der Waals surface area contributed by atoms with Gasteiger partial charge in [-0.05, 0) is 18.2 Å². The van der Waals surface area contributed by atoms with Crippen molar-refractivity contribution in [2.45, 2.75) is 0 Å². The van der Waals surface area contributed by atoms with Gasteiger partial charge in [0.25, 0.3) is 5.56 Å². The molecule has 0 fully saturated rings. The largest absolute Gasteiger partial charge is 0.507 e. The highest BCUT2D eigenvalue weighted by molar-refractivity contribution is 5.91. The lowest BCUT2D eigenvalue weighted by Gasteiger charge is -2.00. The number of hydrogen-bond acceptors (Lipinski definition) is 3. The molecule has 0 aliphatic heterocycles. The van der Waals surface area contributed by atoms with E-state index in [9.17, 15) is 15.0 Å². The molecule has 0 saturated carbocycles. The Bertz CT molecular complexity index is 516. The first-order valence-corrected chi connectivity index (χ1v) is 3.72. The zero-order valence-electron chi connectivity index (χ0n) is 6.61. The van der Waals surface area contributed by atoms with Gasteiger partial charge < -0.3 is 15.2 Å². The molecule has 0 atom stereocenters. The standard InChI is InChI=1S/C9H7NO3/c11-6-1-2-7(12)8-5(6)3-4-10-9(8)13/h1-4,11-12H,(H,10,13). The topological polar surface area (TPSA) is 73.3 Å². The van der Waals surface area contributed by atoms with E-state index in [1.54, 1.807) is 0 Å². The van der Waals surface area contributed by atoms with Crippen LogP contribution >= 0.6 is 0 Å². The highest BCUT2D eigenvalue weighted by atomic mass is 16.3. The van der Waals surface area contributed by atoms with Crippen LogP contribution in [-0.4, -0.2) is 15.2 Å². The minimum atomic E-state index is -0.411. The summed E-state index contributed by atoms with van der Waals surface area (Å²) < 4.78 is 0. The third kappa shape index (κ3) is 1.03. The number of H-pyrrole nitrogens is 1. The number of rotatable bonds is 0. The molecule has 0 unspecified atom stereocenters. The Labute approximate surface area is 73.1 Å². The Morgan fingerprint density at radius 3 is 2.46 bits per heavy atom. The summed E-state index contributed by atoms with van der Waals surface area (Å²) in [6.45, 7) is 0. The molecule has 1 aromatic carbocycles. The van der Waals surface area contributed by atoms with E-state index in [2.05, 4.69) is 4.98 Å². The second kappa shape index (κ2) is 2.52. The first-order valence-electron chi connectivity index (χ1n) is 3.72. The molecule has 0 aliphatic rings. The average molecular weight is 177 g/mol. The molecule has 2 rings (SSSR count). The summed E-state index contributed by atoms with van der Waals surface area (Å²) in [7, 11) is 0. The van der Waals surface area contributed by atoms with Crippen molar-refractivity contribution in [3.8, 4) is 11.5 Å². The van der Waals surface area contributed by atoms with Gasteiger partial charge in [0.2, 0.25) is 0 Å². The molecule has 0 amide bonds. The van der Waals surface area contributed by atoms with Gasteiger partial charge in [-0.25, -0.2) is 0 Å². The Kier molecular flexibility index (Phi) is 1.48. The smallest absolute Gasteiger partial charge is 0.259 e. The highest BCUT2D eigenvalue weighted by Crippen LogP contribution is 2.27. The predicted molar refractivity (Wildman–Crippen MR) is 47.9 cm³/mol. The zero-order chi connectivity index (χ0) is 9.42. The molecule has 0 bridgehead atoms. The van der Waals surface area contributed by atoms with Gasteiger partial charge in [0.1, 0.15) is 11.5 Å². The summed E-state index contributed by atoms with van der Waals surface area (Å²) in [4.78, 5) is 13.6. The Hall–Kier alpha value is -1.97. The lowest BCUT2D eigenvalue weighted by atomic mass is 10.1. The van der Waals surface area contributed by atoms with Gasteiger partial charge in [0.15, 0.2) is 0 Å². The van der Waals surface area contributed by atoms with Crippen LogP contribution in [0.4, 0.5) is 0 Å². The molecule has 3 N–H and O–H groups in total. The van der Waals surface area contributed by atoms with Gasteiger partial charge >= 0.3 is 0 Å². The Morgan fingerprint density at radius 1 is 1.08 bits per heavy atom. The summed E-state index contributed by atoms with van der Waals surface area (Å²) in [6, 6.07) is 4.16. The number of benzene rings is 1. The van der Waals surface area contributed by atoms with Gasteiger partial charge in [0.05, 0.1) is 5.39 Å². The van der Waals surface area contributed by atoms with Crippen LogP contribution in [0.1, 0.15) is 0 Å². The molecule has 0 aliphatic carbocycles. The number of phenols is 2. The van der Waals surface area contributed by atoms with E-state index >= 15 is 0 Å². The predicted octanol–water partition coefficient (Wildman–Crippen LogP) is 0.939. The highest BCUT2D eigenvalue weighted by Gasteiger charge is 2.06. The third-order valence-corrected chi connectivity index (χ3v) is 1.89. The fourth-order valence-electron chi connectivity index (χ4n) is 1.28. The molecule has 13 heavy (non-hydrogen) atoms. The summed E-state index contributed by atoms with van der Waals surface area (Å²) in [5.41, 5.74) is -0.411. The van der Waals surface area contributed by atoms with Crippen LogP contribution in [0.3, 0.4) is 0 Å². The maximum absolute atomic E-state index is 11.2. The molecule has 4 heteroatoms. The Balaban J connectivity index is 3.09. The van der Waals surface area contributed by atoms with Crippen molar-refractivity contribution in [2.75, 3.05) is 0 Å². The average Bonchev–Trinajstić information content (AvgIpc) is 2.12. The Morgan fingerprint density at radius 2 is 1.77 bits per heavy atom. The summed E-state index contributed by atoms with van der Waals surface area (Å²) in [6.07, 6.45) is 1.42. The van der Waals surface area contributed by atoms with E-state index in [1.165, 1.54) is 24.4 Å². The summed E-state index contributed by atoms with van der Waals surface area (Å²) >= 11 is 0. The zero-order valence-corrected chi connectivity index (χ0v) is 6.61. The fraction of sp³-hybridized carbons (Fsp3) is 0. The van der Waals surface area contributed by atoms with Crippen molar-refractivity contribution >= 4 is 10.8 Å². The van der Waals surface area contributed by atoms with Crippen molar-refractivity contribution < 1.29 is 10.2 Å². The molecule has 2 aromatic rings. The maximum atomic E-state index is 11.2. The van der Waals surface area contributed by atoms with E-state index in [0.717, 1.165) is 0 Å².